The van der Waals surface area contributed by atoms with Gasteiger partial charge in [-0.05, 0) is 0 Å². The molecular formula is C23H16N4O3S. The third kappa shape index (κ3) is 4.81. The summed E-state index contributed by atoms with van der Waals surface area (Å²) in [6.45, 7) is 0. The summed E-state index contributed by atoms with van der Waals surface area (Å²) in [5.74, 6) is -0.201. The van der Waals surface area contributed by atoms with Gasteiger partial charge < -0.3 is 0 Å². The number of non-ortho nitro benzene ring substituents is 1. The summed E-state index contributed by atoms with van der Waals surface area (Å²) < 4.78 is 0. The van der Waals surface area contributed by atoms with Crippen LogP contribution in [0.15, 0.2) is 90.1 Å². The van der Waals surface area contributed by atoms with Crippen LogP contribution >= 0.6 is 11.8 Å². The van der Waals surface area contributed by atoms with Crippen molar-refractivity contribution in [2.75, 3.05) is 5.75 Å². The predicted molar refractivity (Wildman–Crippen MR) is 119 cm³/mol. The Hall–Kier alpha value is -3.91. The van der Waals surface area contributed by atoms with Crippen molar-refractivity contribution in [3.05, 3.63) is 101 Å². The molecule has 4 aromatic rings. The van der Waals surface area contributed by atoms with Crippen LogP contribution in [0.1, 0.15) is 10.4 Å². The molecule has 152 valence electrons. The van der Waals surface area contributed by atoms with E-state index in [4.69, 9.17) is 0 Å². The molecule has 0 amide bonds. The Morgan fingerprint density at radius 1 is 0.839 bits per heavy atom. The van der Waals surface area contributed by atoms with E-state index < -0.39 is 4.92 Å². The van der Waals surface area contributed by atoms with Crippen LogP contribution in [0.4, 0.5) is 5.69 Å². The van der Waals surface area contributed by atoms with Crippen LogP contribution in [0.5, 0.6) is 0 Å². The molecule has 0 N–H and O–H groups in total. The molecule has 0 aliphatic carbocycles. The molecular weight excluding hydrogens is 412 g/mol. The van der Waals surface area contributed by atoms with Gasteiger partial charge in [-0.15, -0.1) is 10.2 Å². The summed E-state index contributed by atoms with van der Waals surface area (Å²) in [6.07, 6.45) is 0. The number of ketones is 1. The van der Waals surface area contributed by atoms with Crippen molar-refractivity contribution in [1.82, 2.24) is 15.2 Å². The fourth-order valence-corrected chi connectivity index (χ4v) is 3.65. The monoisotopic (exact) mass is 428 g/mol. The minimum Gasteiger partial charge on any atom is -0.293 e. The smallest absolute Gasteiger partial charge is 0.270 e. The van der Waals surface area contributed by atoms with Crippen LogP contribution in [0, 0.1) is 10.1 Å². The lowest BCUT2D eigenvalue weighted by atomic mass is 10.0. The summed E-state index contributed by atoms with van der Waals surface area (Å²) in [4.78, 5) is 27.6. The molecule has 1 aromatic heterocycles. The highest BCUT2D eigenvalue weighted by Gasteiger charge is 2.16. The first kappa shape index (κ1) is 20.4. The minimum atomic E-state index is -0.522. The number of aromatic nitrogens is 3. The number of carbonyl (C=O) groups excluding carboxylic acids is 1. The average Bonchev–Trinajstić information content (AvgIpc) is 2.83. The van der Waals surface area contributed by atoms with Crippen molar-refractivity contribution < 1.29 is 9.72 Å². The van der Waals surface area contributed by atoms with Gasteiger partial charge in [0, 0.05) is 28.8 Å². The van der Waals surface area contributed by atoms with Gasteiger partial charge in [0.25, 0.3) is 5.69 Å². The summed E-state index contributed by atoms with van der Waals surface area (Å²) in [5, 5.41) is 19.9. The molecule has 1 heterocycles. The second kappa shape index (κ2) is 9.27. The molecule has 0 aliphatic rings. The Morgan fingerprint density at radius 2 is 1.48 bits per heavy atom. The lowest BCUT2D eigenvalue weighted by molar-refractivity contribution is -0.384. The lowest BCUT2D eigenvalue weighted by Crippen LogP contribution is -2.05. The topological polar surface area (TPSA) is 98.9 Å². The lowest BCUT2D eigenvalue weighted by Gasteiger charge is -2.09. The molecule has 0 unspecified atom stereocenters. The van der Waals surface area contributed by atoms with Crippen molar-refractivity contribution in [1.29, 1.82) is 0 Å². The van der Waals surface area contributed by atoms with Crippen molar-refractivity contribution in [2.24, 2.45) is 0 Å². The number of Topliss-reactive ketones (excluding diaryl/α,β-unsaturated/α-hetero) is 1. The van der Waals surface area contributed by atoms with Crippen molar-refractivity contribution >= 4 is 23.2 Å². The quantitative estimate of drug-likeness (QED) is 0.175. The number of rotatable bonds is 7. The molecule has 0 radical (unpaired) electrons. The predicted octanol–water partition coefficient (Wildman–Crippen LogP) is 5.09. The Bertz CT molecular complexity index is 1230. The second-order valence-electron chi connectivity index (χ2n) is 6.54. The number of thioether (sulfide) groups is 1. The molecule has 0 saturated heterocycles. The van der Waals surface area contributed by atoms with E-state index >= 15 is 0 Å². The van der Waals surface area contributed by atoms with Gasteiger partial charge in [-0.3, -0.25) is 14.9 Å². The zero-order valence-electron chi connectivity index (χ0n) is 16.2. The number of nitro benzene ring substituents is 1. The Balaban J connectivity index is 1.60. The second-order valence-corrected chi connectivity index (χ2v) is 7.49. The molecule has 8 heteroatoms. The largest absolute Gasteiger partial charge is 0.293 e. The van der Waals surface area contributed by atoms with Gasteiger partial charge in [0.1, 0.15) is 11.4 Å². The fraction of sp³-hybridized carbons (Fsp3) is 0.0435. The van der Waals surface area contributed by atoms with Gasteiger partial charge in [-0.2, -0.15) is 0 Å². The average molecular weight is 428 g/mol. The molecule has 4 rings (SSSR count). The van der Waals surface area contributed by atoms with E-state index in [1.165, 1.54) is 18.2 Å². The number of benzene rings is 3. The first-order valence-electron chi connectivity index (χ1n) is 9.38. The molecule has 0 atom stereocenters. The van der Waals surface area contributed by atoms with Crippen LogP contribution in [0.2, 0.25) is 0 Å². The Morgan fingerprint density at radius 3 is 2.13 bits per heavy atom. The first-order valence-corrected chi connectivity index (χ1v) is 10.4. The van der Waals surface area contributed by atoms with Crippen molar-refractivity contribution in [3.63, 3.8) is 0 Å². The Kier molecular flexibility index (Phi) is 6.09. The number of hydrogen-bond acceptors (Lipinski definition) is 7. The molecule has 0 fully saturated rings. The molecule has 31 heavy (non-hydrogen) atoms. The number of nitro groups is 1. The maximum Gasteiger partial charge on any atom is 0.270 e. The maximum absolute atomic E-state index is 12.5. The van der Waals surface area contributed by atoms with E-state index in [0.717, 1.165) is 22.9 Å². The minimum absolute atomic E-state index is 0.0434. The summed E-state index contributed by atoms with van der Waals surface area (Å²) >= 11 is 1.15. The molecule has 0 aliphatic heterocycles. The van der Waals surface area contributed by atoms with Gasteiger partial charge in [-0.25, -0.2) is 4.98 Å². The van der Waals surface area contributed by atoms with Gasteiger partial charge >= 0.3 is 0 Å². The highest BCUT2D eigenvalue weighted by atomic mass is 32.2. The van der Waals surface area contributed by atoms with Crippen LogP contribution < -0.4 is 0 Å². The van der Waals surface area contributed by atoms with Crippen LogP contribution in [-0.4, -0.2) is 31.6 Å². The van der Waals surface area contributed by atoms with E-state index in [-0.39, 0.29) is 22.8 Å². The number of nitrogens with zero attached hydrogens (tertiary/aromatic N) is 4. The summed E-state index contributed by atoms with van der Waals surface area (Å²) in [5.41, 5.74) is 3.27. The first-order chi connectivity index (χ1) is 15.1. The molecule has 0 spiro atoms. The maximum atomic E-state index is 12.5. The third-order valence-corrected chi connectivity index (χ3v) is 5.31. The summed E-state index contributed by atoms with van der Waals surface area (Å²) in [6, 6.07) is 25.0. The van der Waals surface area contributed by atoms with Crippen molar-refractivity contribution in [3.8, 4) is 22.5 Å². The number of carbonyl (C=O) groups is 1. The molecule has 7 nitrogen and oxygen atoms in total. The molecule has 0 bridgehead atoms. The van der Waals surface area contributed by atoms with Crippen LogP contribution in [0.25, 0.3) is 22.5 Å². The molecule has 3 aromatic carbocycles. The van der Waals surface area contributed by atoms with Crippen molar-refractivity contribution in [2.45, 2.75) is 5.16 Å². The standard InChI is InChI=1S/C23H16N4O3S/c28-20(18-12-7-13-19(14-18)27(29)30)15-31-23-24-21(16-8-3-1-4-9-16)22(25-26-23)17-10-5-2-6-11-17/h1-14H,15H2. The Labute approximate surface area is 182 Å². The highest BCUT2D eigenvalue weighted by molar-refractivity contribution is 7.99. The van der Waals surface area contributed by atoms with Crippen LogP contribution in [0.3, 0.4) is 0 Å². The van der Waals surface area contributed by atoms with E-state index in [9.17, 15) is 14.9 Å². The van der Waals surface area contributed by atoms with E-state index in [2.05, 4.69) is 15.2 Å². The van der Waals surface area contributed by atoms with Gasteiger partial charge in [-0.1, -0.05) is 84.6 Å². The number of hydrogen-bond donors (Lipinski definition) is 0. The van der Waals surface area contributed by atoms with E-state index in [1.807, 2.05) is 60.7 Å². The van der Waals surface area contributed by atoms with E-state index in [1.54, 1.807) is 6.07 Å². The zero-order valence-corrected chi connectivity index (χ0v) is 17.0. The van der Waals surface area contributed by atoms with Gasteiger partial charge in [0.05, 0.1) is 10.7 Å². The highest BCUT2D eigenvalue weighted by Crippen LogP contribution is 2.29. The fourth-order valence-electron chi connectivity index (χ4n) is 2.97. The normalized spacial score (nSPS) is 10.6. The van der Waals surface area contributed by atoms with Gasteiger partial charge in [0.2, 0.25) is 5.16 Å². The summed E-state index contributed by atoms with van der Waals surface area (Å²) in [7, 11) is 0. The van der Waals surface area contributed by atoms with Crippen LogP contribution in [-0.2, 0) is 0 Å². The zero-order chi connectivity index (χ0) is 21.6. The SMILES string of the molecule is O=C(CSc1nnc(-c2ccccc2)c(-c2ccccc2)n1)c1cccc([N+](=O)[O-])c1. The molecule has 0 saturated carbocycles. The van der Waals surface area contributed by atoms with E-state index in [0.29, 0.717) is 16.5 Å². The third-order valence-electron chi connectivity index (χ3n) is 4.47. The van der Waals surface area contributed by atoms with Gasteiger partial charge in [0.15, 0.2) is 5.78 Å².